The molecule has 9 heteroatoms. The van der Waals surface area contributed by atoms with E-state index in [4.69, 9.17) is 4.74 Å². The number of anilines is 1. The number of nitrogens with zero attached hydrogens (tertiary/aromatic N) is 3. The van der Waals surface area contributed by atoms with Gasteiger partial charge >= 0.3 is 6.03 Å². The van der Waals surface area contributed by atoms with E-state index in [2.05, 4.69) is 15.7 Å². The standard InChI is InChI=1S/C16H19N5O4/c1-9(2)25-11-6-4-5-10-14(11)15(19-20(10)3)18-12(22)8-21-13(23)7-17-16(21)24/h4-6,9H,7-8H2,1-3H3,(H,17,24)(H,18,19,22). The number of hydrogen-bond donors (Lipinski definition) is 2. The predicted molar refractivity (Wildman–Crippen MR) is 90.2 cm³/mol. The minimum absolute atomic E-state index is 0.0414. The van der Waals surface area contributed by atoms with Crippen LogP contribution in [0.25, 0.3) is 10.9 Å². The van der Waals surface area contributed by atoms with Crippen LogP contribution < -0.4 is 15.4 Å². The number of ether oxygens (including phenoxy) is 1. The van der Waals surface area contributed by atoms with Crippen LogP contribution in [0.15, 0.2) is 18.2 Å². The van der Waals surface area contributed by atoms with Gasteiger partial charge in [-0.2, -0.15) is 5.10 Å². The Morgan fingerprint density at radius 2 is 2.16 bits per heavy atom. The minimum atomic E-state index is -0.574. The number of hydrogen-bond acceptors (Lipinski definition) is 5. The van der Waals surface area contributed by atoms with Gasteiger partial charge in [-0.05, 0) is 26.0 Å². The topological polar surface area (TPSA) is 106 Å². The van der Waals surface area contributed by atoms with Gasteiger partial charge in [-0.1, -0.05) is 6.07 Å². The van der Waals surface area contributed by atoms with Gasteiger partial charge in [0.1, 0.15) is 12.3 Å². The summed E-state index contributed by atoms with van der Waals surface area (Å²) in [6, 6.07) is 4.94. The lowest BCUT2D eigenvalue weighted by atomic mass is 10.2. The van der Waals surface area contributed by atoms with Gasteiger partial charge in [-0.25, -0.2) is 4.79 Å². The average Bonchev–Trinajstić information content (AvgIpc) is 3.02. The second-order valence-electron chi connectivity index (χ2n) is 5.98. The molecule has 1 aromatic heterocycles. The Hall–Kier alpha value is -3.10. The number of aryl methyl sites for hydroxylation is 1. The summed E-state index contributed by atoms with van der Waals surface area (Å²) in [7, 11) is 1.76. The van der Waals surface area contributed by atoms with E-state index in [1.807, 2.05) is 26.0 Å². The molecule has 0 atom stereocenters. The van der Waals surface area contributed by atoms with Gasteiger partial charge in [0, 0.05) is 7.05 Å². The highest BCUT2D eigenvalue weighted by Gasteiger charge is 2.30. The highest BCUT2D eigenvalue weighted by Crippen LogP contribution is 2.32. The zero-order valence-electron chi connectivity index (χ0n) is 14.2. The molecule has 1 fully saturated rings. The molecular weight excluding hydrogens is 326 g/mol. The lowest BCUT2D eigenvalue weighted by Crippen LogP contribution is -2.38. The fourth-order valence-electron chi connectivity index (χ4n) is 2.65. The molecule has 0 radical (unpaired) electrons. The molecule has 0 spiro atoms. The lowest BCUT2D eigenvalue weighted by molar-refractivity contribution is -0.128. The number of benzene rings is 1. The van der Waals surface area contributed by atoms with Gasteiger partial charge in [0.25, 0.3) is 5.91 Å². The third-order valence-electron chi connectivity index (χ3n) is 3.70. The number of carbonyl (C=O) groups excluding carboxylic acids is 3. The first kappa shape index (κ1) is 16.7. The van der Waals surface area contributed by atoms with Gasteiger partial charge in [0.15, 0.2) is 5.82 Å². The number of carbonyl (C=O) groups is 3. The number of amides is 4. The third kappa shape index (κ3) is 3.25. The highest BCUT2D eigenvalue weighted by molar-refractivity contribution is 6.08. The Morgan fingerprint density at radius 1 is 1.40 bits per heavy atom. The summed E-state index contributed by atoms with van der Waals surface area (Å²) in [5, 5.41) is 10.0. The predicted octanol–water partition coefficient (Wildman–Crippen LogP) is 0.851. The van der Waals surface area contributed by atoms with Crippen molar-refractivity contribution in [3.05, 3.63) is 18.2 Å². The summed E-state index contributed by atoms with van der Waals surface area (Å²) in [6.45, 7) is 3.36. The molecule has 9 nitrogen and oxygen atoms in total. The number of aromatic nitrogens is 2. The fraction of sp³-hybridized carbons (Fsp3) is 0.375. The van der Waals surface area contributed by atoms with Crippen LogP contribution in [0.1, 0.15) is 13.8 Å². The van der Waals surface area contributed by atoms with Crippen molar-refractivity contribution in [1.82, 2.24) is 20.0 Å². The van der Waals surface area contributed by atoms with E-state index in [9.17, 15) is 14.4 Å². The van der Waals surface area contributed by atoms with Crippen molar-refractivity contribution in [3.8, 4) is 5.75 Å². The van der Waals surface area contributed by atoms with Crippen LogP contribution >= 0.6 is 0 Å². The van der Waals surface area contributed by atoms with Gasteiger partial charge in [0.2, 0.25) is 5.91 Å². The first-order valence-electron chi connectivity index (χ1n) is 7.87. The Bertz CT molecular complexity index is 842. The van der Waals surface area contributed by atoms with Crippen LogP contribution in [-0.4, -0.2) is 51.7 Å². The van der Waals surface area contributed by atoms with Crippen LogP contribution in [0.3, 0.4) is 0 Å². The number of rotatable bonds is 5. The lowest BCUT2D eigenvalue weighted by Gasteiger charge is -2.13. The normalized spacial score (nSPS) is 14.3. The quantitative estimate of drug-likeness (QED) is 0.782. The molecule has 2 N–H and O–H groups in total. The number of nitrogens with one attached hydrogen (secondary N) is 2. The van der Waals surface area contributed by atoms with E-state index >= 15 is 0 Å². The fourth-order valence-corrected chi connectivity index (χ4v) is 2.65. The second kappa shape index (κ2) is 6.42. The van der Waals surface area contributed by atoms with Crippen LogP contribution in [0, 0.1) is 0 Å². The van der Waals surface area contributed by atoms with Gasteiger partial charge in [-0.3, -0.25) is 19.2 Å². The van der Waals surface area contributed by atoms with Crippen LogP contribution in [0.5, 0.6) is 5.75 Å². The molecule has 4 amide bonds. The summed E-state index contributed by atoms with van der Waals surface area (Å²) < 4.78 is 7.43. The van der Waals surface area contributed by atoms with E-state index in [1.54, 1.807) is 17.8 Å². The third-order valence-corrected chi connectivity index (χ3v) is 3.70. The van der Waals surface area contributed by atoms with Crippen molar-refractivity contribution in [3.63, 3.8) is 0 Å². The summed E-state index contributed by atoms with van der Waals surface area (Å²) in [5.74, 6) is -0.0173. The maximum absolute atomic E-state index is 12.3. The van der Waals surface area contributed by atoms with E-state index < -0.39 is 17.8 Å². The van der Waals surface area contributed by atoms with Gasteiger partial charge < -0.3 is 15.4 Å². The molecule has 0 saturated carbocycles. The van der Waals surface area contributed by atoms with Crippen molar-refractivity contribution in [2.24, 2.45) is 7.05 Å². The number of fused-ring (bicyclic) bond motifs is 1. The van der Waals surface area contributed by atoms with Crippen molar-refractivity contribution in [2.75, 3.05) is 18.4 Å². The molecule has 0 bridgehead atoms. The molecule has 3 rings (SSSR count). The Kier molecular flexibility index (Phi) is 4.30. The first-order valence-corrected chi connectivity index (χ1v) is 7.87. The molecule has 1 aliphatic heterocycles. The van der Waals surface area contributed by atoms with E-state index in [1.165, 1.54) is 0 Å². The monoisotopic (exact) mass is 345 g/mol. The maximum atomic E-state index is 12.3. The first-order chi connectivity index (χ1) is 11.9. The molecule has 2 heterocycles. The Morgan fingerprint density at radius 3 is 2.80 bits per heavy atom. The summed E-state index contributed by atoms with van der Waals surface area (Å²) >= 11 is 0. The number of urea groups is 1. The van der Waals surface area contributed by atoms with Crippen LogP contribution in [0.2, 0.25) is 0 Å². The molecular formula is C16H19N5O4. The molecule has 0 unspecified atom stereocenters. The Labute approximate surface area is 143 Å². The summed E-state index contributed by atoms with van der Waals surface area (Å²) in [6.07, 6.45) is -0.0414. The van der Waals surface area contributed by atoms with Crippen LogP contribution in [-0.2, 0) is 16.6 Å². The Balaban J connectivity index is 1.87. The SMILES string of the molecule is CC(C)Oc1cccc2c1c(NC(=O)CN1C(=O)CNC1=O)nn2C. The van der Waals surface area contributed by atoms with Crippen LogP contribution in [0.4, 0.5) is 10.6 Å². The van der Waals surface area contributed by atoms with E-state index in [0.717, 1.165) is 10.4 Å². The second-order valence-corrected chi connectivity index (χ2v) is 5.98. The van der Waals surface area contributed by atoms with Crippen molar-refractivity contribution < 1.29 is 19.1 Å². The summed E-state index contributed by atoms with van der Waals surface area (Å²) in [4.78, 5) is 36.3. The van der Waals surface area contributed by atoms with Crippen molar-refractivity contribution in [2.45, 2.75) is 20.0 Å². The molecule has 132 valence electrons. The molecule has 1 saturated heterocycles. The van der Waals surface area contributed by atoms with Crippen molar-refractivity contribution >= 4 is 34.6 Å². The van der Waals surface area contributed by atoms with Gasteiger partial charge in [0.05, 0.1) is 23.6 Å². The summed E-state index contributed by atoms with van der Waals surface area (Å²) in [5.41, 5.74) is 0.795. The zero-order valence-corrected chi connectivity index (χ0v) is 14.2. The molecule has 1 aliphatic rings. The maximum Gasteiger partial charge on any atom is 0.325 e. The molecule has 25 heavy (non-hydrogen) atoms. The zero-order chi connectivity index (χ0) is 18.1. The van der Waals surface area contributed by atoms with E-state index in [-0.39, 0.29) is 19.2 Å². The molecule has 0 aliphatic carbocycles. The van der Waals surface area contributed by atoms with E-state index in [0.29, 0.717) is 17.0 Å². The molecule has 1 aromatic carbocycles. The van der Waals surface area contributed by atoms with Gasteiger partial charge in [-0.15, -0.1) is 0 Å². The van der Waals surface area contributed by atoms with Crippen molar-refractivity contribution in [1.29, 1.82) is 0 Å². The average molecular weight is 345 g/mol. The highest BCUT2D eigenvalue weighted by atomic mass is 16.5. The smallest absolute Gasteiger partial charge is 0.325 e. The largest absolute Gasteiger partial charge is 0.490 e. The minimum Gasteiger partial charge on any atom is -0.490 e. The number of imide groups is 1. The molecule has 2 aromatic rings.